The normalized spacial score (nSPS) is 13.0. The molecule has 0 saturated carbocycles. The second-order valence-corrected chi connectivity index (χ2v) is 5.47. The third kappa shape index (κ3) is 5.88. The van der Waals surface area contributed by atoms with Gasteiger partial charge in [-0.3, -0.25) is 0 Å². The molecule has 17 heavy (non-hydrogen) atoms. The quantitative estimate of drug-likeness (QED) is 0.755. The van der Waals surface area contributed by atoms with E-state index in [1.807, 2.05) is 0 Å². The van der Waals surface area contributed by atoms with E-state index in [-0.39, 0.29) is 0 Å². The predicted molar refractivity (Wildman–Crippen MR) is 76.4 cm³/mol. The van der Waals surface area contributed by atoms with Gasteiger partial charge in [0.05, 0.1) is 0 Å². The number of hydrogen-bond acceptors (Lipinski definition) is 1. The second kappa shape index (κ2) is 7.50. The summed E-state index contributed by atoms with van der Waals surface area (Å²) in [4.78, 5) is 0. The smallest absolute Gasteiger partial charge is 0.00791 e. The highest BCUT2D eigenvalue weighted by atomic mass is 14.9. The summed E-state index contributed by atoms with van der Waals surface area (Å²) in [6, 6.07) is 9.69. The Kier molecular flexibility index (Phi) is 6.28. The Bertz CT molecular complexity index is 300. The summed E-state index contributed by atoms with van der Waals surface area (Å²) in [5.74, 6) is 0.742. The molecule has 0 bridgehead atoms. The molecule has 1 atom stereocenters. The van der Waals surface area contributed by atoms with Crippen molar-refractivity contribution in [1.29, 1.82) is 0 Å². The Morgan fingerprint density at radius 3 is 1.94 bits per heavy atom. The molecule has 0 aliphatic rings. The van der Waals surface area contributed by atoms with Crippen molar-refractivity contribution >= 4 is 0 Å². The van der Waals surface area contributed by atoms with E-state index >= 15 is 0 Å². The van der Waals surface area contributed by atoms with Crippen molar-refractivity contribution < 1.29 is 0 Å². The van der Waals surface area contributed by atoms with Gasteiger partial charge in [0, 0.05) is 6.04 Å². The van der Waals surface area contributed by atoms with Gasteiger partial charge in [0.25, 0.3) is 0 Å². The number of hydrogen-bond donors (Lipinski definition) is 1. The zero-order valence-corrected chi connectivity index (χ0v) is 11.8. The van der Waals surface area contributed by atoms with Crippen molar-refractivity contribution in [2.45, 2.75) is 53.0 Å². The largest absolute Gasteiger partial charge is 0.314 e. The molecule has 0 aromatic heterocycles. The average molecular weight is 233 g/mol. The Morgan fingerprint density at radius 2 is 1.47 bits per heavy atom. The molecular weight excluding hydrogens is 206 g/mol. The van der Waals surface area contributed by atoms with Crippen LogP contribution in [0.4, 0.5) is 0 Å². The van der Waals surface area contributed by atoms with Crippen LogP contribution < -0.4 is 5.32 Å². The summed E-state index contributed by atoms with van der Waals surface area (Å²) in [6.07, 6.45) is 3.52. The minimum Gasteiger partial charge on any atom is -0.314 e. The first-order valence-corrected chi connectivity index (χ1v) is 6.93. The van der Waals surface area contributed by atoms with Crippen LogP contribution in [0.25, 0.3) is 0 Å². The summed E-state index contributed by atoms with van der Waals surface area (Å²) >= 11 is 0. The van der Waals surface area contributed by atoms with Crippen LogP contribution in [0.3, 0.4) is 0 Å². The van der Waals surface area contributed by atoms with Gasteiger partial charge in [-0.2, -0.15) is 0 Å². The highest BCUT2D eigenvalue weighted by Crippen LogP contribution is 2.11. The molecule has 1 N–H and O–H groups in total. The molecule has 1 aromatic rings. The standard InChI is InChI=1S/C16H27N/c1-5-10-17-14(4)12-16-8-6-15(7-9-16)11-13(2)3/h6-9,13-14,17H,5,10-12H2,1-4H3. The van der Waals surface area contributed by atoms with Crippen LogP contribution in [0.2, 0.25) is 0 Å². The zero-order chi connectivity index (χ0) is 12.7. The van der Waals surface area contributed by atoms with Gasteiger partial charge >= 0.3 is 0 Å². The van der Waals surface area contributed by atoms with E-state index in [2.05, 4.69) is 57.3 Å². The molecule has 0 aliphatic heterocycles. The summed E-state index contributed by atoms with van der Waals surface area (Å²) in [5.41, 5.74) is 2.89. The van der Waals surface area contributed by atoms with E-state index in [4.69, 9.17) is 0 Å². The Balaban J connectivity index is 2.44. The van der Waals surface area contributed by atoms with E-state index in [0.717, 1.165) is 18.9 Å². The first-order chi connectivity index (χ1) is 8.11. The van der Waals surface area contributed by atoms with Crippen LogP contribution in [0.15, 0.2) is 24.3 Å². The zero-order valence-electron chi connectivity index (χ0n) is 11.8. The molecule has 1 heteroatoms. The predicted octanol–water partition coefficient (Wildman–Crippen LogP) is 3.82. The van der Waals surface area contributed by atoms with Crippen molar-refractivity contribution in [3.8, 4) is 0 Å². The molecule has 96 valence electrons. The maximum absolute atomic E-state index is 3.53. The van der Waals surface area contributed by atoms with Crippen molar-refractivity contribution in [2.24, 2.45) is 5.92 Å². The number of rotatable bonds is 7. The summed E-state index contributed by atoms with van der Waals surface area (Å²) in [6.45, 7) is 10.1. The molecule has 0 saturated heterocycles. The third-order valence-corrected chi connectivity index (χ3v) is 2.95. The minimum absolute atomic E-state index is 0.575. The average Bonchev–Trinajstić information content (AvgIpc) is 2.28. The lowest BCUT2D eigenvalue weighted by Gasteiger charge is -2.13. The van der Waals surface area contributed by atoms with Crippen LogP contribution in [0.1, 0.15) is 45.2 Å². The van der Waals surface area contributed by atoms with Crippen LogP contribution in [0, 0.1) is 5.92 Å². The highest BCUT2D eigenvalue weighted by molar-refractivity contribution is 5.23. The Morgan fingerprint density at radius 1 is 0.941 bits per heavy atom. The number of nitrogens with one attached hydrogen (secondary N) is 1. The maximum Gasteiger partial charge on any atom is 0.00791 e. The van der Waals surface area contributed by atoms with Crippen molar-refractivity contribution in [2.75, 3.05) is 6.54 Å². The summed E-state index contributed by atoms with van der Waals surface area (Å²) < 4.78 is 0. The summed E-state index contributed by atoms with van der Waals surface area (Å²) in [5, 5.41) is 3.53. The molecule has 0 heterocycles. The fraction of sp³-hybridized carbons (Fsp3) is 0.625. The Labute approximate surface area is 107 Å². The topological polar surface area (TPSA) is 12.0 Å². The lowest BCUT2D eigenvalue weighted by Crippen LogP contribution is -2.28. The molecule has 1 rings (SSSR count). The monoisotopic (exact) mass is 233 g/mol. The van der Waals surface area contributed by atoms with Gasteiger partial charge in [-0.1, -0.05) is 45.0 Å². The third-order valence-electron chi connectivity index (χ3n) is 2.95. The first kappa shape index (κ1) is 14.2. The van der Waals surface area contributed by atoms with E-state index in [9.17, 15) is 0 Å². The maximum atomic E-state index is 3.53. The SMILES string of the molecule is CCCNC(C)Cc1ccc(CC(C)C)cc1. The van der Waals surface area contributed by atoms with E-state index in [1.54, 1.807) is 0 Å². The molecular formula is C16H27N. The molecule has 0 spiro atoms. The van der Waals surface area contributed by atoms with E-state index < -0.39 is 0 Å². The first-order valence-electron chi connectivity index (χ1n) is 6.93. The molecule has 0 fully saturated rings. The van der Waals surface area contributed by atoms with Crippen molar-refractivity contribution in [1.82, 2.24) is 5.32 Å². The van der Waals surface area contributed by atoms with Gasteiger partial charge in [-0.25, -0.2) is 0 Å². The lowest BCUT2D eigenvalue weighted by atomic mass is 10.00. The van der Waals surface area contributed by atoms with E-state index in [1.165, 1.54) is 24.0 Å². The molecule has 1 nitrogen and oxygen atoms in total. The fourth-order valence-corrected chi connectivity index (χ4v) is 2.10. The van der Waals surface area contributed by atoms with Gasteiger partial charge < -0.3 is 5.32 Å². The molecule has 0 amide bonds. The van der Waals surface area contributed by atoms with Gasteiger partial charge in [0.2, 0.25) is 0 Å². The van der Waals surface area contributed by atoms with Gasteiger partial charge in [0.15, 0.2) is 0 Å². The lowest BCUT2D eigenvalue weighted by molar-refractivity contribution is 0.543. The molecule has 1 unspecified atom stereocenters. The van der Waals surface area contributed by atoms with Gasteiger partial charge in [-0.05, 0) is 49.8 Å². The van der Waals surface area contributed by atoms with E-state index in [0.29, 0.717) is 6.04 Å². The van der Waals surface area contributed by atoms with Crippen LogP contribution >= 0.6 is 0 Å². The molecule has 1 aromatic carbocycles. The van der Waals surface area contributed by atoms with Crippen LogP contribution in [-0.4, -0.2) is 12.6 Å². The molecule has 0 radical (unpaired) electrons. The van der Waals surface area contributed by atoms with Gasteiger partial charge in [0.1, 0.15) is 0 Å². The Hall–Kier alpha value is -0.820. The highest BCUT2D eigenvalue weighted by Gasteiger charge is 2.03. The van der Waals surface area contributed by atoms with Crippen LogP contribution in [0.5, 0.6) is 0 Å². The minimum atomic E-state index is 0.575. The van der Waals surface area contributed by atoms with Crippen LogP contribution in [-0.2, 0) is 12.8 Å². The summed E-state index contributed by atoms with van der Waals surface area (Å²) in [7, 11) is 0. The van der Waals surface area contributed by atoms with Gasteiger partial charge in [-0.15, -0.1) is 0 Å². The fourth-order valence-electron chi connectivity index (χ4n) is 2.10. The molecule has 0 aliphatic carbocycles. The van der Waals surface area contributed by atoms with Crippen molar-refractivity contribution in [3.63, 3.8) is 0 Å². The van der Waals surface area contributed by atoms with Crippen molar-refractivity contribution in [3.05, 3.63) is 35.4 Å². The second-order valence-electron chi connectivity index (χ2n) is 5.47. The number of benzene rings is 1.